The number of nitrogens with two attached hydrogens (primary N) is 1. The van der Waals surface area contributed by atoms with Gasteiger partial charge < -0.3 is 5.73 Å². The summed E-state index contributed by atoms with van der Waals surface area (Å²) in [6.45, 7) is 1.63. The number of sulfone groups is 1. The minimum atomic E-state index is -3.16. The van der Waals surface area contributed by atoms with Gasteiger partial charge in [0.25, 0.3) is 0 Å². The molecule has 1 aromatic carbocycles. The van der Waals surface area contributed by atoms with Crippen LogP contribution >= 0.6 is 0 Å². The minimum absolute atomic E-state index is 0.548. The second-order valence-corrected chi connectivity index (χ2v) is 6.88. The molecule has 5 heteroatoms. The van der Waals surface area contributed by atoms with Crippen LogP contribution in [0.1, 0.15) is 18.5 Å². The summed E-state index contributed by atoms with van der Waals surface area (Å²) < 4.78 is 23.2. The fourth-order valence-electron chi connectivity index (χ4n) is 1.94. The van der Waals surface area contributed by atoms with Crippen LogP contribution in [0.2, 0.25) is 0 Å². The molecule has 0 fully saturated rings. The molecular weight excluding hydrogens is 248 g/mol. The van der Waals surface area contributed by atoms with Crippen LogP contribution in [0, 0.1) is 0 Å². The van der Waals surface area contributed by atoms with Gasteiger partial charge >= 0.3 is 0 Å². The summed E-state index contributed by atoms with van der Waals surface area (Å²) in [5, 5.41) is 0.284. The van der Waals surface area contributed by atoms with Crippen molar-refractivity contribution in [1.82, 2.24) is 4.98 Å². The second kappa shape index (κ2) is 4.66. The highest BCUT2D eigenvalue weighted by Crippen LogP contribution is 2.25. The molecule has 0 aliphatic heterocycles. The maximum Gasteiger partial charge on any atom is 0.151 e. The van der Waals surface area contributed by atoms with Gasteiger partial charge in [-0.05, 0) is 24.6 Å². The van der Waals surface area contributed by atoms with E-state index in [-0.39, 0.29) is 0 Å². The van der Waals surface area contributed by atoms with Crippen LogP contribution in [-0.4, -0.2) is 24.9 Å². The van der Waals surface area contributed by atoms with Crippen molar-refractivity contribution in [2.24, 2.45) is 5.73 Å². The highest BCUT2D eigenvalue weighted by atomic mass is 32.2. The zero-order valence-corrected chi connectivity index (χ0v) is 11.2. The van der Waals surface area contributed by atoms with Gasteiger partial charge in [0.1, 0.15) is 0 Å². The lowest BCUT2D eigenvalue weighted by Gasteiger charge is -2.20. The van der Waals surface area contributed by atoms with E-state index in [9.17, 15) is 8.42 Å². The van der Waals surface area contributed by atoms with Gasteiger partial charge in [0.05, 0.1) is 10.8 Å². The van der Waals surface area contributed by atoms with Crippen molar-refractivity contribution in [3.63, 3.8) is 0 Å². The van der Waals surface area contributed by atoms with Gasteiger partial charge in [0.2, 0.25) is 0 Å². The standard InChI is InChI=1S/C13H16N2O2S/c1-9(18(2,16)17)13(14)11-5-3-7-12-10(11)6-4-8-15-12/h3-9,13H,14H2,1-2H3. The van der Waals surface area contributed by atoms with E-state index in [1.165, 1.54) is 6.26 Å². The summed E-state index contributed by atoms with van der Waals surface area (Å²) in [5.74, 6) is 0. The molecule has 2 aromatic rings. The van der Waals surface area contributed by atoms with Gasteiger partial charge in [-0.1, -0.05) is 18.2 Å². The smallest absolute Gasteiger partial charge is 0.151 e. The normalized spacial score (nSPS) is 15.5. The number of aromatic nitrogens is 1. The Bertz CT molecular complexity index is 662. The SMILES string of the molecule is CC(C(N)c1cccc2ncccc12)S(C)(=O)=O. The van der Waals surface area contributed by atoms with Crippen molar-refractivity contribution < 1.29 is 8.42 Å². The molecule has 0 saturated heterocycles. The molecule has 1 heterocycles. The van der Waals surface area contributed by atoms with Gasteiger partial charge in [-0.2, -0.15) is 0 Å². The number of pyridine rings is 1. The Morgan fingerprint density at radius 1 is 1.22 bits per heavy atom. The van der Waals surface area contributed by atoms with Gasteiger partial charge in [0, 0.05) is 23.9 Å². The van der Waals surface area contributed by atoms with Crippen molar-refractivity contribution in [1.29, 1.82) is 0 Å². The quantitative estimate of drug-likeness (QED) is 0.915. The van der Waals surface area contributed by atoms with E-state index in [2.05, 4.69) is 4.98 Å². The summed E-state index contributed by atoms with van der Waals surface area (Å²) in [6, 6.07) is 8.77. The van der Waals surface area contributed by atoms with Crippen LogP contribution in [0.4, 0.5) is 0 Å². The van der Waals surface area contributed by atoms with Crippen molar-refractivity contribution >= 4 is 20.7 Å². The highest BCUT2D eigenvalue weighted by molar-refractivity contribution is 7.91. The number of rotatable bonds is 3. The molecule has 0 aliphatic rings. The molecule has 0 amide bonds. The van der Waals surface area contributed by atoms with Crippen molar-refractivity contribution in [2.75, 3.05) is 6.26 Å². The van der Waals surface area contributed by atoms with Gasteiger partial charge in [-0.15, -0.1) is 0 Å². The molecule has 2 atom stereocenters. The molecule has 2 N–H and O–H groups in total. The van der Waals surface area contributed by atoms with Crippen LogP contribution in [0.3, 0.4) is 0 Å². The number of nitrogens with zero attached hydrogens (tertiary/aromatic N) is 1. The molecule has 1 aromatic heterocycles. The third-order valence-corrected chi connectivity index (χ3v) is 4.86. The average Bonchev–Trinajstić information content (AvgIpc) is 2.35. The molecule has 0 saturated carbocycles. The third-order valence-electron chi connectivity index (χ3n) is 3.22. The molecule has 2 unspecified atom stereocenters. The van der Waals surface area contributed by atoms with E-state index in [4.69, 9.17) is 5.73 Å². The van der Waals surface area contributed by atoms with Crippen LogP contribution in [0.5, 0.6) is 0 Å². The zero-order valence-electron chi connectivity index (χ0n) is 10.4. The summed E-state index contributed by atoms with van der Waals surface area (Å²) in [7, 11) is -3.16. The summed E-state index contributed by atoms with van der Waals surface area (Å²) >= 11 is 0. The number of fused-ring (bicyclic) bond motifs is 1. The molecule has 4 nitrogen and oxygen atoms in total. The molecule has 2 rings (SSSR count). The summed E-state index contributed by atoms with van der Waals surface area (Å²) in [4.78, 5) is 4.24. The van der Waals surface area contributed by atoms with E-state index >= 15 is 0 Å². The van der Waals surface area contributed by atoms with Gasteiger partial charge in [-0.25, -0.2) is 8.42 Å². The Kier molecular flexibility index (Phi) is 3.36. The monoisotopic (exact) mass is 264 g/mol. The first-order valence-corrected chi connectivity index (χ1v) is 7.65. The number of benzene rings is 1. The molecule has 0 bridgehead atoms. The van der Waals surface area contributed by atoms with E-state index in [1.54, 1.807) is 13.1 Å². The molecule has 96 valence electrons. The average molecular weight is 264 g/mol. The van der Waals surface area contributed by atoms with Crippen molar-refractivity contribution in [3.05, 3.63) is 42.1 Å². The van der Waals surface area contributed by atoms with Gasteiger partial charge in [-0.3, -0.25) is 4.98 Å². The van der Waals surface area contributed by atoms with E-state index in [0.29, 0.717) is 0 Å². The van der Waals surface area contributed by atoms with Crippen LogP contribution in [-0.2, 0) is 9.84 Å². The van der Waals surface area contributed by atoms with Crippen molar-refractivity contribution in [2.45, 2.75) is 18.2 Å². The molecule has 0 spiro atoms. The Hall–Kier alpha value is -1.46. The first-order valence-electron chi connectivity index (χ1n) is 5.69. The topological polar surface area (TPSA) is 73.0 Å². The zero-order chi connectivity index (χ0) is 13.3. The summed E-state index contributed by atoms with van der Waals surface area (Å²) in [6.07, 6.45) is 2.92. The lowest BCUT2D eigenvalue weighted by atomic mass is 10.00. The van der Waals surface area contributed by atoms with Crippen LogP contribution in [0.25, 0.3) is 10.9 Å². The second-order valence-electron chi connectivity index (χ2n) is 4.48. The van der Waals surface area contributed by atoms with Crippen LogP contribution < -0.4 is 5.73 Å². The van der Waals surface area contributed by atoms with E-state index in [1.807, 2.05) is 30.3 Å². The molecular formula is C13H16N2O2S. The highest BCUT2D eigenvalue weighted by Gasteiger charge is 2.25. The Labute approximate surface area is 107 Å². The first kappa shape index (κ1) is 13.0. The number of hydrogen-bond donors (Lipinski definition) is 1. The maximum atomic E-state index is 11.6. The largest absolute Gasteiger partial charge is 0.323 e. The molecule has 18 heavy (non-hydrogen) atoms. The minimum Gasteiger partial charge on any atom is -0.323 e. The van der Waals surface area contributed by atoms with Crippen LogP contribution in [0.15, 0.2) is 36.5 Å². The van der Waals surface area contributed by atoms with E-state index in [0.717, 1.165) is 16.5 Å². The Balaban J connectivity index is 2.55. The predicted octanol–water partition coefficient (Wildman–Crippen LogP) is 1.67. The lowest BCUT2D eigenvalue weighted by Crippen LogP contribution is -2.30. The Morgan fingerprint density at radius 2 is 1.94 bits per heavy atom. The number of hydrogen-bond acceptors (Lipinski definition) is 4. The summed E-state index contributed by atoms with van der Waals surface area (Å²) in [5.41, 5.74) is 7.73. The Morgan fingerprint density at radius 3 is 2.61 bits per heavy atom. The predicted molar refractivity (Wildman–Crippen MR) is 73.0 cm³/mol. The third kappa shape index (κ3) is 2.37. The van der Waals surface area contributed by atoms with Gasteiger partial charge in [0.15, 0.2) is 9.84 Å². The fraction of sp³-hybridized carbons (Fsp3) is 0.308. The first-order chi connectivity index (χ1) is 8.41. The van der Waals surface area contributed by atoms with E-state index < -0.39 is 21.1 Å². The molecule has 0 radical (unpaired) electrons. The molecule has 0 aliphatic carbocycles. The fourth-order valence-corrected chi connectivity index (χ4v) is 2.62. The lowest BCUT2D eigenvalue weighted by molar-refractivity contribution is 0.571. The maximum absolute atomic E-state index is 11.6. The van der Waals surface area contributed by atoms with Crippen molar-refractivity contribution in [3.8, 4) is 0 Å².